The van der Waals surface area contributed by atoms with Crippen molar-refractivity contribution < 1.29 is 28.8 Å². The first kappa shape index (κ1) is 30.2. The molecule has 12 heteroatoms. The van der Waals surface area contributed by atoms with E-state index in [0.29, 0.717) is 48.3 Å². The van der Waals surface area contributed by atoms with Crippen molar-refractivity contribution >= 4 is 11.8 Å². The number of hydrogen-bond donors (Lipinski definition) is 3. The maximum absolute atomic E-state index is 13.8. The van der Waals surface area contributed by atoms with Crippen LogP contribution in [0, 0.1) is 0 Å². The second-order valence-electron chi connectivity index (χ2n) is 9.55. The molecule has 3 N–H and O–H groups in total. The van der Waals surface area contributed by atoms with E-state index in [1.165, 1.54) is 0 Å². The monoisotopic (exact) mass is 574 g/mol. The van der Waals surface area contributed by atoms with Crippen LogP contribution in [0.4, 0.5) is 0 Å². The summed E-state index contributed by atoms with van der Waals surface area (Å²) in [4.78, 5) is 21.5. The number of carbonyl (C=O) groups excluding carboxylic acids is 1. The highest BCUT2D eigenvalue weighted by Crippen LogP contribution is 2.29. The molecule has 3 aromatic carbocycles. The number of carbonyl (C=O) groups is 1. The Bertz CT molecular complexity index is 1420. The van der Waals surface area contributed by atoms with Crippen LogP contribution in [0.25, 0.3) is 10.4 Å². The van der Waals surface area contributed by atoms with Crippen LogP contribution >= 0.6 is 0 Å². The third kappa shape index (κ3) is 7.70. The molecule has 1 atom stereocenters. The Labute approximate surface area is 243 Å². The van der Waals surface area contributed by atoms with Gasteiger partial charge < -0.3 is 24.1 Å². The average molecular weight is 575 g/mol. The fourth-order valence-corrected chi connectivity index (χ4v) is 4.45. The molecule has 0 aliphatic carbocycles. The van der Waals surface area contributed by atoms with Gasteiger partial charge in [0.25, 0.3) is 5.91 Å². The Morgan fingerprint density at radius 3 is 2.45 bits per heavy atom. The number of hydrogen-bond acceptors (Lipinski definition) is 9. The number of ether oxygens (including phenoxy) is 4. The third-order valence-electron chi connectivity index (χ3n) is 6.67. The zero-order chi connectivity index (χ0) is 29.8. The molecule has 42 heavy (non-hydrogen) atoms. The lowest BCUT2D eigenvalue weighted by Gasteiger charge is -2.24. The molecule has 1 heterocycles. The van der Waals surface area contributed by atoms with Gasteiger partial charge >= 0.3 is 0 Å². The largest absolute Gasteiger partial charge is 0.497 e. The number of aliphatic imine (C=N–C) groups is 1. The summed E-state index contributed by atoms with van der Waals surface area (Å²) in [5.41, 5.74) is 16.5. The van der Waals surface area contributed by atoms with Gasteiger partial charge in [0, 0.05) is 42.5 Å². The van der Waals surface area contributed by atoms with Crippen molar-refractivity contribution in [2.75, 3.05) is 34.0 Å². The van der Waals surface area contributed by atoms with Gasteiger partial charge in [0.2, 0.25) is 5.90 Å². The number of nitrogens with zero attached hydrogens (tertiary/aromatic N) is 4. The first-order chi connectivity index (χ1) is 20.5. The van der Waals surface area contributed by atoms with E-state index in [2.05, 4.69) is 20.9 Å². The quantitative estimate of drug-likeness (QED) is 0.0817. The summed E-state index contributed by atoms with van der Waals surface area (Å²) in [6.45, 7) is 0.920. The molecule has 0 spiro atoms. The Hall–Kier alpha value is -4.77. The van der Waals surface area contributed by atoms with Gasteiger partial charge in [-0.3, -0.25) is 10.2 Å². The van der Waals surface area contributed by atoms with Crippen molar-refractivity contribution in [3.05, 3.63) is 99.4 Å². The van der Waals surface area contributed by atoms with Crippen molar-refractivity contribution in [1.82, 2.24) is 10.9 Å². The number of amides is 1. The van der Waals surface area contributed by atoms with Crippen LogP contribution < -0.4 is 25.1 Å². The van der Waals surface area contributed by atoms with Gasteiger partial charge in [0.1, 0.15) is 23.9 Å². The highest BCUT2D eigenvalue weighted by molar-refractivity contribution is 6.00. The number of methoxy groups -OCH3 is 2. The molecule has 0 bridgehead atoms. The molecule has 1 aliphatic heterocycles. The molecule has 1 aliphatic rings. The lowest BCUT2D eigenvalue weighted by Crippen LogP contribution is -2.52. The zero-order valence-corrected chi connectivity index (χ0v) is 23.6. The van der Waals surface area contributed by atoms with E-state index in [9.17, 15) is 4.79 Å². The number of azide groups is 1. The fourth-order valence-electron chi connectivity index (χ4n) is 4.45. The van der Waals surface area contributed by atoms with Gasteiger partial charge in [-0.1, -0.05) is 29.4 Å². The fraction of sp³-hybridized carbons (Fsp3) is 0.333. The zero-order valence-electron chi connectivity index (χ0n) is 23.6. The lowest BCUT2D eigenvalue weighted by molar-refractivity contribution is -0.127. The minimum absolute atomic E-state index is 0.00737. The molecule has 0 saturated heterocycles. The molecule has 1 amide bonds. The van der Waals surface area contributed by atoms with Crippen LogP contribution in [-0.2, 0) is 29.0 Å². The maximum atomic E-state index is 13.8. The number of aliphatic hydroxyl groups excluding tert-OH is 1. The van der Waals surface area contributed by atoms with E-state index in [4.69, 9.17) is 34.6 Å². The summed E-state index contributed by atoms with van der Waals surface area (Å²) < 4.78 is 22.3. The standard InChI is InChI=1S/C30H34N6O6/c1-39-26-14-21(15-27(16-26)40-2)18-32-35-29(38)30(17-23-6-3-4-7-24(23)19-33-36-31)20-42-28(34-30)22-8-10-25(11-9-22)41-13-5-12-37/h3-4,6-11,14-16,32,37H,5,12-13,17-20H2,1-2H3,(H,35,38)/t30-/m0/s1. The summed E-state index contributed by atoms with van der Waals surface area (Å²) in [5.74, 6) is 1.87. The summed E-state index contributed by atoms with van der Waals surface area (Å²) in [7, 11) is 3.15. The molecule has 0 fully saturated rings. The number of rotatable bonds is 15. The molecule has 0 radical (unpaired) electrons. The Kier molecular flexibility index (Phi) is 10.6. The van der Waals surface area contributed by atoms with Gasteiger partial charge in [0.05, 0.1) is 27.4 Å². The Morgan fingerprint density at radius 2 is 1.79 bits per heavy atom. The summed E-state index contributed by atoms with van der Waals surface area (Å²) >= 11 is 0. The second-order valence-corrected chi connectivity index (χ2v) is 9.55. The van der Waals surface area contributed by atoms with Crippen LogP contribution in [0.5, 0.6) is 17.2 Å². The maximum Gasteiger partial charge on any atom is 0.266 e. The SMILES string of the molecule is COc1cc(CNNC(=O)[C@]2(Cc3ccccc3CN=[N+]=[N-])COC(c3ccc(OCCCO)cc3)=N2)cc(OC)c1. The molecule has 0 saturated carbocycles. The van der Waals surface area contributed by atoms with Gasteiger partial charge in [-0.25, -0.2) is 10.4 Å². The second kappa shape index (κ2) is 14.7. The van der Waals surface area contributed by atoms with Crippen LogP contribution in [0.3, 0.4) is 0 Å². The molecule has 0 unspecified atom stereocenters. The highest BCUT2D eigenvalue weighted by atomic mass is 16.5. The summed E-state index contributed by atoms with van der Waals surface area (Å²) in [6.07, 6.45) is 0.756. The molecule has 12 nitrogen and oxygen atoms in total. The number of benzene rings is 3. The summed E-state index contributed by atoms with van der Waals surface area (Å²) in [5, 5.41) is 12.7. The van der Waals surface area contributed by atoms with Crippen LogP contribution in [-0.4, -0.2) is 56.5 Å². The van der Waals surface area contributed by atoms with Gasteiger partial charge in [-0.15, -0.1) is 0 Å². The van der Waals surface area contributed by atoms with Gasteiger partial charge in [-0.05, 0) is 58.6 Å². The van der Waals surface area contributed by atoms with Crippen LogP contribution in [0.15, 0.2) is 76.8 Å². The van der Waals surface area contributed by atoms with Crippen molar-refractivity contribution in [2.24, 2.45) is 10.1 Å². The van der Waals surface area contributed by atoms with Gasteiger partial charge in [-0.2, -0.15) is 0 Å². The molecule has 220 valence electrons. The van der Waals surface area contributed by atoms with E-state index in [0.717, 1.165) is 16.7 Å². The molecule has 0 aromatic heterocycles. The van der Waals surface area contributed by atoms with Gasteiger partial charge in [0.15, 0.2) is 5.54 Å². The molecule has 4 rings (SSSR count). The Balaban J connectivity index is 1.57. The lowest BCUT2D eigenvalue weighted by atomic mass is 9.89. The van der Waals surface area contributed by atoms with E-state index in [1.807, 2.05) is 48.5 Å². The smallest absolute Gasteiger partial charge is 0.266 e. The highest BCUT2D eigenvalue weighted by Gasteiger charge is 2.45. The minimum Gasteiger partial charge on any atom is -0.497 e. The van der Waals surface area contributed by atoms with E-state index < -0.39 is 5.54 Å². The number of aliphatic hydroxyl groups is 1. The first-order valence-corrected chi connectivity index (χ1v) is 13.4. The normalized spacial score (nSPS) is 15.6. The van der Waals surface area contributed by atoms with Crippen molar-refractivity contribution in [3.8, 4) is 17.2 Å². The van der Waals surface area contributed by atoms with E-state index in [-0.39, 0.29) is 32.1 Å². The number of hydrazine groups is 1. The topological polar surface area (TPSA) is 159 Å². The van der Waals surface area contributed by atoms with E-state index >= 15 is 0 Å². The molecule has 3 aromatic rings. The Morgan fingerprint density at radius 1 is 1.07 bits per heavy atom. The van der Waals surface area contributed by atoms with Crippen LogP contribution in [0.1, 0.15) is 28.7 Å². The molecular weight excluding hydrogens is 540 g/mol. The predicted octanol–water partition coefficient (Wildman–Crippen LogP) is 3.85. The number of nitrogens with one attached hydrogen (secondary N) is 2. The average Bonchev–Trinajstić information content (AvgIpc) is 3.46. The van der Waals surface area contributed by atoms with Crippen molar-refractivity contribution in [1.29, 1.82) is 0 Å². The third-order valence-corrected chi connectivity index (χ3v) is 6.67. The summed E-state index contributed by atoms with van der Waals surface area (Å²) in [6, 6.07) is 20.1. The van der Waals surface area contributed by atoms with E-state index in [1.54, 1.807) is 32.4 Å². The minimum atomic E-state index is -1.29. The van der Waals surface area contributed by atoms with Crippen LogP contribution in [0.2, 0.25) is 0 Å². The molecular formula is C30H34N6O6. The predicted molar refractivity (Wildman–Crippen MR) is 156 cm³/mol. The van der Waals surface area contributed by atoms with Crippen molar-refractivity contribution in [2.45, 2.75) is 31.5 Å². The first-order valence-electron chi connectivity index (χ1n) is 13.4. The van der Waals surface area contributed by atoms with Crippen molar-refractivity contribution in [3.63, 3.8) is 0 Å².